The lowest BCUT2D eigenvalue weighted by atomic mass is 9.92. The zero-order valence-corrected chi connectivity index (χ0v) is 13.9. The van der Waals surface area contributed by atoms with E-state index in [0.717, 1.165) is 11.5 Å². The molecule has 0 aliphatic carbocycles. The van der Waals surface area contributed by atoms with Crippen molar-refractivity contribution in [1.29, 1.82) is 0 Å². The van der Waals surface area contributed by atoms with E-state index in [1.807, 2.05) is 19.1 Å². The summed E-state index contributed by atoms with van der Waals surface area (Å²) in [5.74, 6) is 2.26. The second-order valence-corrected chi connectivity index (χ2v) is 6.32. The molecule has 0 N–H and O–H groups in total. The molecule has 3 heteroatoms. The number of para-hydroxylation sites is 1. The predicted octanol–water partition coefficient (Wildman–Crippen LogP) is 5.01. The zero-order chi connectivity index (χ0) is 14.8. The third-order valence-electron chi connectivity index (χ3n) is 3.85. The molecule has 0 bridgehead atoms. The first-order valence-electron chi connectivity index (χ1n) is 7.30. The fraction of sp³-hybridized carbons (Fsp3) is 0.333. The Labute approximate surface area is 134 Å². The van der Waals surface area contributed by atoms with Crippen LogP contribution in [-0.2, 0) is 0 Å². The normalized spacial score (nSPS) is 18.0. The molecule has 21 heavy (non-hydrogen) atoms. The largest absolute Gasteiger partial charge is 0.494 e. The maximum Gasteiger partial charge on any atom is 0.123 e. The number of hydrogen-bond donors (Lipinski definition) is 0. The SMILES string of the molecule is CCOc1ccc(C)cc1C(Br)C1COc2ccccc21. The summed E-state index contributed by atoms with van der Waals surface area (Å²) in [4.78, 5) is 0.183. The van der Waals surface area contributed by atoms with Crippen molar-refractivity contribution in [1.82, 2.24) is 0 Å². The van der Waals surface area contributed by atoms with Gasteiger partial charge in [0.15, 0.2) is 0 Å². The van der Waals surface area contributed by atoms with Crippen LogP contribution in [0.1, 0.15) is 34.4 Å². The molecule has 2 atom stereocenters. The van der Waals surface area contributed by atoms with Gasteiger partial charge in [0.25, 0.3) is 0 Å². The second kappa shape index (κ2) is 6.10. The Hall–Kier alpha value is -1.48. The van der Waals surface area contributed by atoms with Crippen molar-refractivity contribution in [2.24, 2.45) is 0 Å². The van der Waals surface area contributed by atoms with Crippen LogP contribution in [0.15, 0.2) is 42.5 Å². The van der Waals surface area contributed by atoms with E-state index in [1.165, 1.54) is 16.7 Å². The first-order chi connectivity index (χ1) is 10.2. The Balaban J connectivity index is 1.96. The van der Waals surface area contributed by atoms with E-state index >= 15 is 0 Å². The van der Waals surface area contributed by atoms with Crippen LogP contribution in [0, 0.1) is 6.92 Å². The lowest BCUT2D eigenvalue weighted by Crippen LogP contribution is -2.09. The van der Waals surface area contributed by atoms with E-state index in [1.54, 1.807) is 0 Å². The van der Waals surface area contributed by atoms with E-state index in [0.29, 0.717) is 19.1 Å². The van der Waals surface area contributed by atoms with E-state index in [-0.39, 0.29) is 4.83 Å². The second-order valence-electron chi connectivity index (χ2n) is 5.33. The van der Waals surface area contributed by atoms with Crippen LogP contribution in [0.2, 0.25) is 0 Å². The van der Waals surface area contributed by atoms with Crippen LogP contribution >= 0.6 is 15.9 Å². The van der Waals surface area contributed by atoms with Gasteiger partial charge in [-0.2, -0.15) is 0 Å². The Morgan fingerprint density at radius 1 is 1.29 bits per heavy atom. The summed E-state index contributed by atoms with van der Waals surface area (Å²) >= 11 is 3.88. The van der Waals surface area contributed by atoms with Crippen molar-refractivity contribution in [2.75, 3.05) is 13.2 Å². The summed E-state index contributed by atoms with van der Waals surface area (Å²) in [6.07, 6.45) is 0. The molecule has 1 heterocycles. The number of hydrogen-bond acceptors (Lipinski definition) is 2. The number of alkyl halides is 1. The van der Waals surface area contributed by atoms with Crippen molar-refractivity contribution in [3.63, 3.8) is 0 Å². The number of rotatable bonds is 4. The van der Waals surface area contributed by atoms with Crippen LogP contribution in [-0.4, -0.2) is 13.2 Å². The summed E-state index contributed by atoms with van der Waals surface area (Å²) in [7, 11) is 0. The van der Waals surface area contributed by atoms with Gasteiger partial charge in [-0.3, -0.25) is 0 Å². The third kappa shape index (κ3) is 2.80. The molecule has 110 valence electrons. The predicted molar refractivity (Wildman–Crippen MR) is 88.7 cm³/mol. The summed E-state index contributed by atoms with van der Waals surface area (Å²) in [6.45, 7) is 5.50. The molecule has 2 aromatic carbocycles. The highest BCUT2D eigenvalue weighted by molar-refractivity contribution is 9.09. The summed E-state index contributed by atoms with van der Waals surface area (Å²) in [6, 6.07) is 14.6. The first-order valence-corrected chi connectivity index (χ1v) is 8.21. The number of aryl methyl sites for hydroxylation is 1. The van der Waals surface area contributed by atoms with Crippen molar-refractivity contribution >= 4 is 15.9 Å². The van der Waals surface area contributed by atoms with Gasteiger partial charge in [0.05, 0.1) is 18.0 Å². The Bertz CT molecular complexity index is 639. The van der Waals surface area contributed by atoms with Gasteiger partial charge in [0.2, 0.25) is 0 Å². The fourth-order valence-electron chi connectivity index (χ4n) is 2.82. The van der Waals surface area contributed by atoms with Gasteiger partial charge in [0.1, 0.15) is 11.5 Å². The van der Waals surface area contributed by atoms with Crippen molar-refractivity contribution in [3.05, 3.63) is 59.2 Å². The molecule has 2 unspecified atom stereocenters. The van der Waals surface area contributed by atoms with Crippen molar-refractivity contribution in [3.8, 4) is 11.5 Å². The molecular formula is C18H19BrO2. The molecule has 0 amide bonds. The van der Waals surface area contributed by atoms with Crippen LogP contribution in [0.4, 0.5) is 0 Å². The average molecular weight is 347 g/mol. The van der Waals surface area contributed by atoms with Crippen LogP contribution in [0.25, 0.3) is 0 Å². The lowest BCUT2D eigenvalue weighted by Gasteiger charge is -2.20. The molecule has 2 nitrogen and oxygen atoms in total. The average Bonchev–Trinajstić information content (AvgIpc) is 2.92. The molecule has 1 aliphatic rings. The molecule has 0 spiro atoms. The van der Waals surface area contributed by atoms with Gasteiger partial charge in [-0.15, -0.1) is 0 Å². The fourth-order valence-corrected chi connectivity index (χ4v) is 3.61. The molecular weight excluding hydrogens is 328 g/mol. The topological polar surface area (TPSA) is 18.5 Å². The van der Waals surface area contributed by atoms with Gasteiger partial charge < -0.3 is 9.47 Å². The summed E-state index contributed by atoms with van der Waals surface area (Å²) in [5, 5.41) is 0. The zero-order valence-electron chi connectivity index (χ0n) is 12.3. The van der Waals surface area contributed by atoms with Crippen molar-refractivity contribution < 1.29 is 9.47 Å². The van der Waals surface area contributed by atoms with Gasteiger partial charge >= 0.3 is 0 Å². The highest BCUT2D eigenvalue weighted by Crippen LogP contribution is 2.47. The highest BCUT2D eigenvalue weighted by Gasteiger charge is 2.32. The van der Waals surface area contributed by atoms with E-state index in [2.05, 4.69) is 53.2 Å². The van der Waals surface area contributed by atoms with Crippen molar-refractivity contribution in [2.45, 2.75) is 24.6 Å². The Morgan fingerprint density at radius 2 is 2.10 bits per heavy atom. The summed E-state index contributed by atoms with van der Waals surface area (Å²) < 4.78 is 11.6. The quantitative estimate of drug-likeness (QED) is 0.724. The maximum absolute atomic E-state index is 5.81. The standard InChI is InChI=1S/C18H19BrO2/c1-3-20-17-9-8-12(2)10-14(17)18(19)15-11-21-16-7-5-4-6-13(15)16/h4-10,15,18H,3,11H2,1-2H3. The van der Waals surface area contributed by atoms with Gasteiger partial charge in [-0.25, -0.2) is 0 Å². The Morgan fingerprint density at radius 3 is 2.90 bits per heavy atom. The molecule has 0 saturated heterocycles. The third-order valence-corrected chi connectivity index (χ3v) is 4.98. The highest BCUT2D eigenvalue weighted by atomic mass is 79.9. The Kier molecular flexibility index (Phi) is 4.20. The minimum absolute atomic E-state index is 0.183. The number of ether oxygens (including phenoxy) is 2. The van der Waals surface area contributed by atoms with E-state index < -0.39 is 0 Å². The monoisotopic (exact) mass is 346 g/mol. The molecule has 0 radical (unpaired) electrons. The van der Waals surface area contributed by atoms with Gasteiger partial charge in [-0.05, 0) is 26.0 Å². The number of halogens is 1. The number of fused-ring (bicyclic) bond motifs is 1. The molecule has 0 fully saturated rings. The smallest absolute Gasteiger partial charge is 0.123 e. The molecule has 1 aliphatic heterocycles. The summed E-state index contributed by atoms with van der Waals surface area (Å²) in [5.41, 5.74) is 3.70. The van der Waals surface area contributed by atoms with E-state index in [9.17, 15) is 0 Å². The molecule has 0 saturated carbocycles. The molecule has 2 aromatic rings. The lowest BCUT2D eigenvalue weighted by molar-refractivity contribution is 0.321. The van der Waals surface area contributed by atoms with Crippen LogP contribution in [0.5, 0.6) is 11.5 Å². The van der Waals surface area contributed by atoms with Crippen LogP contribution in [0.3, 0.4) is 0 Å². The number of benzene rings is 2. The maximum atomic E-state index is 5.81. The molecule has 3 rings (SSSR count). The van der Waals surface area contributed by atoms with Gasteiger partial charge in [0, 0.05) is 17.0 Å². The van der Waals surface area contributed by atoms with Gasteiger partial charge in [-0.1, -0.05) is 51.8 Å². The van der Waals surface area contributed by atoms with Crippen LogP contribution < -0.4 is 9.47 Å². The molecule has 0 aromatic heterocycles. The minimum Gasteiger partial charge on any atom is -0.494 e. The minimum atomic E-state index is 0.183. The first kappa shape index (κ1) is 14.5. The van der Waals surface area contributed by atoms with E-state index in [4.69, 9.17) is 9.47 Å².